The molecule has 0 aromatic carbocycles. The lowest BCUT2D eigenvalue weighted by atomic mass is 9.91. The Morgan fingerprint density at radius 2 is 2.05 bits per heavy atom. The molecule has 1 N–H and O–H groups in total. The molecule has 2 fully saturated rings. The van der Waals surface area contributed by atoms with Crippen molar-refractivity contribution in [3.8, 4) is 0 Å². The molecule has 5 nitrogen and oxygen atoms in total. The fraction of sp³-hybridized carbons (Fsp3) is 0.643. The van der Waals surface area contributed by atoms with Crippen LogP contribution in [0.25, 0.3) is 0 Å². The molecule has 0 aromatic heterocycles. The molecular weight excluding hydrogens is 276 g/mol. The van der Waals surface area contributed by atoms with Gasteiger partial charge in [-0.2, -0.15) is 0 Å². The number of carbonyl (C=O) groups is 3. The topological polar surface area (TPSA) is 66.5 Å². The van der Waals surface area contributed by atoms with Gasteiger partial charge in [0.2, 0.25) is 11.8 Å². The van der Waals surface area contributed by atoms with Gasteiger partial charge in [-0.25, -0.2) is 0 Å². The van der Waals surface area contributed by atoms with E-state index in [1.807, 2.05) is 20.8 Å². The molecular formula is C14H20N2O3S. The molecule has 2 rings (SSSR count). The van der Waals surface area contributed by atoms with Crippen molar-refractivity contribution in [2.75, 3.05) is 12.3 Å². The summed E-state index contributed by atoms with van der Waals surface area (Å²) in [5.74, 6) is -0.0198. The third kappa shape index (κ3) is 3.85. The van der Waals surface area contributed by atoms with Gasteiger partial charge in [-0.1, -0.05) is 32.5 Å². The van der Waals surface area contributed by atoms with E-state index < -0.39 is 5.41 Å². The van der Waals surface area contributed by atoms with Gasteiger partial charge in [0.15, 0.2) is 5.78 Å². The number of amides is 2. The third-order valence-electron chi connectivity index (χ3n) is 3.15. The van der Waals surface area contributed by atoms with Crippen LogP contribution in [0.15, 0.2) is 11.1 Å². The summed E-state index contributed by atoms with van der Waals surface area (Å²) in [6.07, 6.45) is 3.51. The number of nitrogens with zero attached hydrogens (tertiary/aromatic N) is 1. The summed E-state index contributed by atoms with van der Waals surface area (Å²) in [4.78, 5) is 37.0. The van der Waals surface area contributed by atoms with E-state index >= 15 is 0 Å². The minimum Gasteiger partial charge on any atom is -0.352 e. The van der Waals surface area contributed by atoms with E-state index in [-0.39, 0.29) is 30.2 Å². The van der Waals surface area contributed by atoms with E-state index in [9.17, 15) is 14.4 Å². The molecule has 2 aliphatic rings. The zero-order chi connectivity index (χ0) is 14.9. The van der Waals surface area contributed by atoms with Gasteiger partial charge < -0.3 is 5.32 Å². The Balaban J connectivity index is 2.03. The summed E-state index contributed by atoms with van der Waals surface area (Å²) < 4.78 is 0. The average Bonchev–Trinajstić information content (AvgIpc) is 3.07. The van der Waals surface area contributed by atoms with Gasteiger partial charge in [0.1, 0.15) is 6.54 Å². The van der Waals surface area contributed by atoms with Crippen molar-refractivity contribution in [1.82, 2.24) is 10.2 Å². The number of ketones is 1. The van der Waals surface area contributed by atoms with Crippen molar-refractivity contribution in [2.24, 2.45) is 5.41 Å². The maximum Gasteiger partial charge on any atom is 0.240 e. The highest BCUT2D eigenvalue weighted by Gasteiger charge is 2.32. The highest BCUT2D eigenvalue weighted by molar-refractivity contribution is 8.04. The molecule has 6 heteroatoms. The molecule has 0 bridgehead atoms. The summed E-state index contributed by atoms with van der Waals surface area (Å²) in [6, 6.07) is 0.275. The van der Waals surface area contributed by atoms with E-state index in [1.54, 1.807) is 0 Å². The van der Waals surface area contributed by atoms with Gasteiger partial charge in [-0.3, -0.25) is 19.3 Å². The number of carbonyl (C=O) groups excluding carboxylic acids is 3. The van der Waals surface area contributed by atoms with E-state index in [1.165, 1.54) is 22.7 Å². The Morgan fingerprint density at radius 3 is 2.60 bits per heavy atom. The van der Waals surface area contributed by atoms with E-state index in [0.29, 0.717) is 10.8 Å². The van der Waals surface area contributed by atoms with Crippen LogP contribution in [0.5, 0.6) is 0 Å². The SMILES string of the molecule is CC(C)(C)C(=O)/C=C1\SCC(=O)N1CC(=O)NC1CC1. The van der Waals surface area contributed by atoms with Crippen molar-refractivity contribution in [1.29, 1.82) is 0 Å². The van der Waals surface area contributed by atoms with Gasteiger partial charge in [0.25, 0.3) is 0 Å². The fourth-order valence-electron chi connectivity index (χ4n) is 1.67. The van der Waals surface area contributed by atoms with Gasteiger partial charge in [0.05, 0.1) is 10.8 Å². The van der Waals surface area contributed by atoms with Gasteiger partial charge in [0, 0.05) is 17.5 Å². The Bertz CT molecular complexity index is 475. The van der Waals surface area contributed by atoms with Gasteiger partial charge >= 0.3 is 0 Å². The van der Waals surface area contributed by atoms with Crippen LogP contribution in [0, 0.1) is 5.41 Å². The zero-order valence-electron chi connectivity index (χ0n) is 12.1. The lowest BCUT2D eigenvalue weighted by Crippen LogP contribution is -2.38. The molecule has 1 saturated heterocycles. The second kappa shape index (κ2) is 5.60. The van der Waals surface area contributed by atoms with Crippen LogP contribution in [-0.4, -0.2) is 40.8 Å². The van der Waals surface area contributed by atoms with Crippen molar-refractivity contribution in [2.45, 2.75) is 39.7 Å². The molecule has 1 saturated carbocycles. The van der Waals surface area contributed by atoms with E-state index in [0.717, 1.165) is 12.8 Å². The normalized spacial score (nSPS) is 21.4. The highest BCUT2D eigenvalue weighted by Crippen LogP contribution is 2.30. The number of nitrogens with one attached hydrogen (secondary N) is 1. The minimum atomic E-state index is -0.485. The second-order valence-electron chi connectivity index (χ2n) is 6.21. The minimum absolute atomic E-state index is 0.00555. The van der Waals surface area contributed by atoms with Crippen LogP contribution in [0.4, 0.5) is 0 Å². The van der Waals surface area contributed by atoms with Crippen LogP contribution < -0.4 is 5.32 Å². The Labute approximate surface area is 123 Å². The maximum atomic E-state index is 12.0. The van der Waals surface area contributed by atoms with Crippen LogP contribution in [0.2, 0.25) is 0 Å². The number of rotatable bonds is 4. The standard InChI is InChI=1S/C14H20N2O3S/c1-14(2,3)10(17)6-13-16(12(19)8-20-13)7-11(18)15-9-4-5-9/h6,9H,4-5,7-8H2,1-3H3,(H,15,18)/b13-6-. The number of hydrogen-bond acceptors (Lipinski definition) is 4. The predicted octanol–water partition coefficient (Wildman–Crippen LogP) is 1.30. The first-order valence-corrected chi connectivity index (χ1v) is 7.74. The quantitative estimate of drug-likeness (QED) is 0.794. The first-order chi connectivity index (χ1) is 9.27. The van der Waals surface area contributed by atoms with Crippen LogP contribution in [0.1, 0.15) is 33.6 Å². The molecule has 0 spiro atoms. The number of hydrogen-bond donors (Lipinski definition) is 1. The van der Waals surface area contributed by atoms with Crippen LogP contribution in [0.3, 0.4) is 0 Å². The van der Waals surface area contributed by atoms with Gasteiger partial charge in [-0.15, -0.1) is 0 Å². The molecule has 2 amide bonds. The van der Waals surface area contributed by atoms with Crippen LogP contribution in [-0.2, 0) is 14.4 Å². The Morgan fingerprint density at radius 1 is 1.40 bits per heavy atom. The van der Waals surface area contributed by atoms with Crippen molar-refractivity contribution >= 4 is 29.4 Å². The average molecular weight is 296 g/mol. The first kappa shape index (κ1) is 15.1. The molecule has 110 valence electrons. The summed E-state index contributed by atoms with van der Waals surface area (Å²) in [6.45, 7) is 5.50. The molecule has 0 radical (unpaired) electrons. The maximum absolute atomic E-state index is 12.0. The largest absolute Gasteiger partial charge is 0.352 e. The zero-order valence-corrected chi connectivity index (χ0v) is 12.9. The molecule has 0 atom stereocenters. The van der Waals surface area contributed by atoms with Gasteiger partial charge in [-0.05, 0) is 12.8 Å². The smallest absolute Gasteiger partial charge is 0.240 e. The van der Waals surface area contributed by atoms with Crippen LogP contribution >= 0.6 is 11.8 Å². The number of allylic oxidation sites excluding steroid dienone is 1. The lowest BCUT2D eigenvalue weighted by molar-refractivity contribution is -0.131. The Hall–Kier alpha value is -1.30. The van der Waals surface area contributed by atoms with Crippen molar-refractivity contribution in [3.63, 3.8) is 0 Å². The second-order valence-corrected chi connectivity index (χ2v) is 7.20. The van der Waals surface area contributed by atoms with Crippen molar-refractivity contribution < 1.29 is 14.4 Å². The summed E-state index contributed by atoms with van der Waals surface area (Å²) in [5, 5.41) is 3.44. The molecule has 20 heavy (non-hydrogen) atoms. The summed E-state index contributed by atoms with van der Waals surface area (Å²) in [5.41, 5.74) is -0.485. The van der Waals surface area contributed by atoms with E-state index in [4.69, 9.17) is 0 Å². The van der Waals surface area contributed by atoms with E-state index in [2.05, 4.69) is 5.32 Å². The highest BCUT2D eigenvalue weighted by atomic mass is 32.2. The fourth-order valence-corrected chi connectivity index (χ4v) is 2.61. The molecule has 0 aromatic rings. The third-order valence-corrected chi connectivity index (χ3v) is 4.17. The molecule has 1 aliphatic carbocycles. The molecule has 0 unspecified atom stereocenters. The predicted molar refractivity (Wildman–Crippen MR) is 77.9 cm³/mol. The summed E-state index contributed by atoms with van der Waals surface area (Å²) in [7, 11) is 0. The Kier molecular flexibility index (Phi) is 4.22. The number of thioether (sulfide) groups is 1. The summed E-state index contributed by atoms with van der Waals surface area (Å²) >= 11 is 1.32. The molecule has 1 aliphatic heterocycles. The van der Waals surface area contributed by atoms with Crippen molar-refractivity contribution in [3.05, 3.63) is 11.1 Å². The first-order valence-electron chi connectivity index (χ1n) is 6.76. The monoisotopic (exact) mass is 296 g/mol. The lowest BCUT2D eigenvalue weighted by Gasteiger charge is -2.19. The molecule has 1 heterocycles.